The van der Waals surface area contributed by atoms with E-state index in [4.69, 9.17) is 5.73 Å². The Kier molecular flexibility index (Phi) is 4.14. The number of carbonyl (C=O) groups excluding carboxylic acids is 1. The van der Waals surface area contributed by atoms with Gasteiger partial charge in [-0.1, -0.05) is 0 Å². The number of nitrogens with one attached hydrogen (secondary N) is 2. The number of amides is 1. The average molecular weight is 311 g/mol. The van der Waals surface area contributed by atoms with Crippen LogP contribution in [0.2, 0.25) is 0 Å². The Morgan fingerprint density at radius 3 is 2.52 bits per heavy atom. The van der Waals surface area contributed by atoms with E-state index in [0.29, 0.717) is 28.9 Å². The normalized spacial score (nSPS) is 13.9. The number of nitrogens with two attached hydrogens (primary N) is 1. The van der Waals surface area contributed by atoms with Crippen molar-refractivity contribution in [1.82, 2.24) is 9.97 Å². The molecular formula is C17H21N5O. The molecule has 1 aromatic carbocycles. The monoisotopic (exact) mass is 311 g/mol. The van der Waals surface area contributed by atoms with E-state index in [-0.39, 0.29) is 11.9 Å². The van der Waals surface area contributed by atoms with Crippen LogP contribution in [0.25, 0.3) is 0 Å². The van der Waals surface area contributed by atoms with Crippen molar-refractivity contribution in [2.45, 2.75) is 38.6 Å². The first-order chi connectivity index (χ1) is 11.0. The summed E-state index contributed by atoms with van der Waals surface area (Å²) in [6, 6.07) is 8.89. The molecule has 6 heteroatoms. The topological polar surface area (TPSA) is 92.9 Å². The summed E-state index contributed by atoms with van der Waals surface area (Å²) < 4.78 is 0. The fourth-order valence-electron chi connectivity index (χ4n) is 2.26. The Morgan fingerprint density at radius 1 is 1.22 bits per heavy atom. The third-order valence-electron chi connectivity index (χ3n) is 3.57. The smallest absolute Gasteiger partial charge is 0.256 e. The van der Waals surface area contributed by atoms with Gasteiger partial charge in [0.05, 0.1) is 5.69 Å². The maximum absolute atomic E-state index is 12.3. The predicted octanol–water partition coefficient (Wildman–Crippen LogP) is 3.01. The van der Waals surface area contributed by atoms with Crippen molar-refractivity contribution in [3.05, 3.63) is 41.6 Å². The Hall–Kier alpha value is -2.63. The van der Waals surface area contributed by atoms with Gasteiger partial charge in [0.15, 0.2) is 0 Å². The second kappa shape index (κ2) is 6.24. The zero-order valence-corrected chi connectivity index (χ0v) is 13.3. The summed E-state index contributed by atoms with van der Waals surface area (Å²) in [5.74, 6) is 1.35. The average Bonchev–Trinajstić information content (AvgIpc) is 3.31. The van der Waals surface area contributed by atoms with Gasteiger partial charge in [-0.2, -0.15) is 4.98 Å². The van der Waals surface area contributed by atoms with Crippen molar-refractivity contribution >= 4 is 23.4 Å². The van der Waals surface area contributed by atoms with Crippen LogP contribution >= 0.6 is 0 Å². The molecule has 0 aliphatic heterocycles. The van der Waals surface area contributed by atoms with Gasteiger partial charge in [-0.3, -0.25) is 4.79 Å². The number of hydrogen-bond donors (Lipinski definition) is 3. The van der Waals surface area contributed by atoms with E-state index >= 15 is 0 Å². The molecule has 1 fully saturated rings. The molecule has 6 nitrogen and oxygen atoms in total. The minimum atomic E-state index is -0.207. The van der Waals surface area contributed by atoms with Crippen molar-refractivity contribution in [3.63, 3.8) is 0 Å². The fraction of sp³-hybridized carbons (Fsp3) is 0.353. The molecule has 1 aliphatic carbocycles. The molecule has 2 aromatic rings. The van der Waals surface area contributed by atoms with Gasteiger partial charge in [-0.15, -0.1) is 0 Å². The number of hydrogen-bond acceptors (Lipinski definition) is 5. The first kappa shape index (κ1) is 15.3. The van der Waals surface area contributed by atoms with E-state index in [9.17, 15) is 4.79 Å². The molecule has 4 N–H and O–H groups in total. The van der Waals surface area contributed by atoms with Crippen LogP contribution in [-0.4, -0.2) is 21.9 Å². The van der Waals surface area contributed by atoms with Crippen molar-refractivity contribution in [1.29, 1.82) is 0 Å². The lowest BCUT2D eigenvalue weighted by Crippen LogP contribution is -2.17. The van der Waals surface area contributed by atoms with Gasteiger partial charge < -0.3 is 16.4 Å². The molecule has 0 unspecified atom stereocenters. The minimum Gasteiger partial charge on any atom is -0.399 e. The molecule has 0 saturated heterocycles. The summed E-state index contributed by atoms with van der Waals surface area (Å²) in [5, 5.41) is 6.04. The summed E-state index contributed by atoms with van der Waals surface area (Å²) in [6.45, 7) is 4.06. The molecule has 1 aromatic heterocycles. The van der Waals surface area contributed by atoms with Crippen molar-refractivity contribution in [2.75, 3.05) is 16.4 Å². The van der Waals surface area contributed by atoms with Crippen LogP contribution in [0.1, 0.15) is 48.7 Å². The standard InChI is InChI=1S/C17H21N5O/c1-10(2)19-17-20-14(11-3-4-11)9-15(22-17)21-16(23)12-5-7-13(18)8-6-12/h5-11H,3-4,18H2,1-2H3,(H2,19,20,21,22,23). The zero-order chi connectivity index (χ0) is 16.4. The Morgan fingerprint density at radius 2 is 1.91 bits per heavy atom. The molecule has 1 heterocycles. The fourth-order valence-corrected chi connectivity index (χ4v) is 2.26. The third-order valence-corrected chi connectivity index (χ3v) is 3.57. The van der Waals surface area contributed by atoms with Gasteiger partial charge in [-0.05, 0) is 51.0 Å². The Labute approximate surface area is 135 Å². The van der Waals surface area contributed by atoms with Crippen LogP contribution in [0.3, 0.4) is 0 Å². The first-order valence-electron chi connectivity index (χ1n) is 7.83. The van der Waals surface area contributed by atoms with Crippen molar-refractivity contribution in [3.8, 4) is 0 Å². The highest BCUT2D eigenvalue weighted by Gasteiger charge is 2.26. The summed E-state index contributed by atoms with van der Waals surface area (Å²) in [4.78, 5) is 21.2. The highest BCUT2D eigenvalue weighted by atomic mass is 16.1. The highest BCUT2D eigenvalue weighted by molar-refractivity contribution is 6.04. The molecule has 0 spiro atoms. The lowest BCUT2D eigenvalue weighted by molar-refractivity contribution is 0.102. The SMILES string of the molecule is CC(C)Nc1nc(NC(=O)c2ccc(N)cc2)cc(C2CC2)n1. The number of rotatable bonds is 5. The Bertz CT molecular complexity index is 707. The third kappa shape index (κ3) is 3.97. The van der Waals surface area contributed by atoms with E-state index in [1.165, 1.54) is 0 Å². The van der Waals surface area contributed by atoms with Crippen LogP contribution in [0.5, 0.6) is 0 Å². The molecule has 120 valence electrons. The van der Waals surface area contributed by atoms with Crippen molar-refractivity contribution in [2.24, 2.45) is 0 Å². The molecule has 0 radical (unpaired) electrons. The first-order valence-corrected chi connectivity index (χ1v) is 7.83. The lowest BCUT2D eigenvalue weighted by Gasteiger charge is -2.12. The van der Waals surface area contributed by atoms with Crippen LogP contribution in [0.4, 0.5) is 17.5 Å². The number of anilines is 3. The Balaban J connectivity index is 1.81. The van der Waals surface area contributed by atoms with Crippen LogP contribution < -0.4 is 16.4 Å². The summed E-state index contributed by atoms with van der Waals surface area (Å²) in [6.07, 6.45) is 2.28. The number of carbonyl (C=O) groups is 1. The second-order valence-corrected chi connectivity index (χ2v) is 6.15. The van der Waals surface area contributed by atoms with Crippen LogP contribution in [0, 0.1) is 0 Å². The molecule has 3 rings (SSSR count). The second-order valence-electron chi connectivity index (χ2n) is 6.15. The molecule has 1 saturated carbocycles. The number of benzene rings is 1. The number of aromatic nitrogens is 2. The molecular weight excluding hydrogens is 290 g/mol. The van der Waals surface area contributed by atoms with Gasteiger partial charge >= 0.3 is 0 Å². The maximum Gasteiger partial charge on any atom is 0.256 e. The summed E-state index contributed by atoms with van der Waals surface area (Å²) in [5.41, 5.74) is 7.80. The maximum atomic E-state index is 12.3. The van der Waals surface area contributed by atoms with Gasteiger partial charge in [-0.25, -0.2) is 4.98 Å². The van der Waals surface area contributed by atoms with Gasteiger partial charge in [0.25, 0.3) is 5.91 Å². The summed E-state index contributed by atoms with van der Waals surface area (Å²) >= 11 is 0. The zero-order valence-electron chi connectivity index (χ0n) is 13.3. The molecule has 1 aliphatic rings. The van der Waals surface area contributed by atoms with Crippen LogP contribution in [-0.2, 0) is 0 Å². The van der Waals surface area contributed by atoms with E-state index in [1.54, 1.807) is 24.3 Å². The number of nitrogen functional groups attached to an aromatic ring is 1. The van der Waals surface area contributed by atoms with Gasteiger partial charge in [0.1, 0.15) is 5.82 Å². The minimum absolute atomic E-state index is 0.207. The van der Waals surface area contributed by atoms with E-state index in [1.807, 2.05) is 19.9 Å². The predicted molar refractivity (Wildman–Crippen MR) is 91.6 cm³/mol. The highest BCUT2D eigenvalue weighted by Crippen LogP contribution is 2.39. The summed E-state index contributed by atoms with van der Waals surface area (Å²) in [7, 11) is 0. The van der Waals surface area contributed by atoms with E-state index < -0.39 is 0 Å². The molecule has 0 atom stereocenters. The quantitative estimate of drug-likeness (QED) is 0.738. The number of nitrogens with zero attached hydrogens (tertiary/aromatic N) is 2. The van der Waals surface area contributed by atoms with E-state index in [2.05, 4.69) is 20.6 Å². The van der Waals surface area contributed by atoms with Gasteiger partial charge in [0.2, 0.25) is 5.95 Å². The molecule has 23 heavy (non-hydrogen) atoms. The van der Waals surface area contributed by atoms with Crippen molar-refractivity contribution < 1.29 is 4.79 Å². The molecule has 1 amide bonds. The molecule has 0 bridgehead atoms. The van der Waals surface area contributed by atoms with Crippen LogP contribution in [0.15, 0.2) is 30.3 Å². The van der Waals surface area contributed by atoms with E-state index in [0.717, 1.165) is 18.5 Å². The lowest BCUT2D eigenvalue weighted by atomic mass is 10.2. The largest absolute Gasteiger partial charge is 0.399 e. The van der Waals surface area contributed by atoms with Gasteiger partial charge in [0, 0.05) is 29.3 Å².